The Morgan fingerprint density at radius 1 is 1.32 bits per heavy atom. The lowest BCUT2D eigenvalue weighted by Crippen LogP contribution is -2.44. The number of amides is 1. The predicted octanol–water partition coefficient (Wildman–Crippen LogP) is 1.55. The normalized spacial score (nSPS) is 11.7. The number of methoxy groups -OCH3 is 1. The summed E-state index contributed by atoms with van der Waals surface area (Å²) in [4.78, 5) is 25.1. The second-order valence-corrected chi connectivity index (χ2v) is 4.65. The average molecular weight is 281 g/mol. The van der Waals surface area contributed by atoms with E-state index in [-0.39, 0.29) is 5.91 Å². The largest absolute Gasteiger partial charge is 0.467 e. The van der Waals surface area contributed by atoms with Crippen LogP contribution in [0.25, 0.3) is 0 Å². The van der Waals surface area contributed by atoms with Crippen LogP contribution < -0.4 is 0 Å². The summed E-state index contributed by atoms with van der Waals surface area (Å²) in [6.45, 7) is 0. The van der Waals surface area contributed by atoms with E-state index in [0.29, 0.717) is 18.6 Å². The van der Waals surface area contributed by atoms with Crippen LogP contribution in [0.3, 0.4) is 0 Å². The van der Waals surface area contributed by atoms with Crippen LogP contribution in [0.1, 0.15) is 12.0 Å². The maximum atomic E-state index is 11.9. The summed E-state index contributed by atoms with van der Waals surface area (Å²) in [6.07, 6.45) is 0.754. The fraction of sp³-hybridized carbons (Fsp3) is 0.429. The first-order chi connectivity index (χ1) is 9.10. The zero-order valence-corrected chi connectivity index (χ0v) is 12.1. The summed E-state index contributed by atoms with van der Waals surface area (Å²) in [6, 6.07) is 8.96. The molecule has 0 aliphatic carbocycles. The van der Waals surface area contributed by atoms with Crippen molar-refractivity contribution in [1.29, 1.82) is 0 Å². The summed E-state index contributed by atoms with van der Waals surface area (Å²) >= 11 is 4.03. The molecule has 0 bridgehead atoms. The molecule has 1 rings (SSSR count). The van der Waals surface area contributed by atoms with E-state index in [4.69, 9.17) is 4.74 Å². The Kier molecular flexibility index (Phi) is 6.42. The van der Waals surface area contributed by atoms with Crippen molar-refractivity contribution in [3.63, 3.8) is 0 Å². The summed E-state index contributed by atoms with van der Waals surface area (Å²) < 4.78 is 4.78. The van der Waals surface area contributed by atoms with Gasteiger partial charge in [-0.25, -0.2) is 4.79 Å². The summed E-state index contributed by atoms with van der Waals surface area (Å²) in [5.74, 6) is -0.0530. The number of ether oxygens (including phenoxy) is 1. The third-order valence-electron chi connectivity index (χ3n) is 2.93. The minimum atomic E-state index is -0.597. The molecule has 0 aliphatic rings. The molecule has 19 heavy (non-hydrogen) atoms. The number of hydrogen-bond acceptors (Lipinski definition) is 4. The number of rotatable bonds is 6. The monoisotopic (exact) mass is 281 g/mol. The number of carbonyl (C=O) groups excluding carboxylic acids is 2. The van der Waals surface area contributed by atoms with Gasteiger partial charge < -0.3 is 9.64 Å². The van der Waals surface area contributed by atoms with Crippen LogP contribution in [0.2, 0.25) is 0 Å². The summed E-state index contributed by atoms with van der Waals surface area (Å²) in [5.41, 5.74) is 0.989. The van der Waals surface area contributed by atoms with Crippen molar-refractivity contribution in [3.8, 4) is 0 Å². The van der Waals surface area contributed by atoms with E-state index < -0.39 is 12.0 Å². The highest BCUT2D eigenvalue weighted by Crippen LogP contribution is 2.11. The molecular formula is C14H19NO3S. The molecule has 0 saturated heterocycles. The molecule has 1 aromatic rings. The number of esters is 1. The molecule has 1 unspecified atom stereocenters. The Hall–Kier alpha value is -1.49. The van der Waals surface area contributed by atoms with Gasteiger partial charge in [0.25, 0.3) is 0 Å². The topological polar surface area (TPSA) is 46.6 Å². The van der Waals surface area contributed by atoms with E-state index in [2.05, 4.69) is 12.6 Å². The Balaban J connectivity index is 2.83. The summed E-state index contributed by atoms with van der Waals surface area (Å²) in [5, 5.41) is 0. The fourth-order valence-electron chi connectivity index (χ4n) is 1.80. The van der Waals surface area contributed by atoms with Gasteiger partial charge in [-0.2, -0.15) is 12.6 Å². The van der Waals surface area contributed by atoms with Gasteiger partial charge in [0.1, 0.15) is 6.04 Å². The highest BCUT2D eigenvalue weighted by molar-refractivity contribution is 7.80. The van der Waals surface area contributed by atoms with Crippen molar-refractivity contribution in [3.05, 3.63) is 35.9 Å². The highest BCUT2D eigenvalue weighted by atomic mass is 32.1. The van der Waals surface area contributed by atoms with Crippen molar-refractivity contribution in [2.45, 2.75) is 18.9 Å². The molecule has 104 valence electrons. The van der Waals surface area contributed by atoms with Crippen LogP contribution in [0.15, 0.2) is 30.3 Å². The number of hydrogen-bond donors (Lipinski definition) is 1. The predicted molar refractivity (Wildman–Crippen MR) is 77.2 cm³/mol. The third-order valence-corrected chi connectivity index (χ3v) is 3.16. The molecule has 0 saturated carbocycles. The number of likely N-dealkylation sites (N-methyl/N-ethyl adjacent to an activating group) is 1. The Morgan fingerprint density at radius 3 is 2.47 bits per heavy atom. The maximum absolute atomic E-state index is 11.9. The molecule has 0 aliphatic heterocycles. The molecule has 0 fully saturated rings. The molecule has 1 aromatic carbocycles. The molecule has 0 N–H and O–H groups in total. The van der Waals surface area contributed by atoms with Gasteiger partial charge >= 0.3 is 5.97 Å². The number of benzene rings is 1. The lowest BCUT2D eigenvalue weighted by Gasteiger charge is -2.26. The molecule has 0 radical (unpaired) electrons. The first kappa shape index (κ1) is 15.6. The van der Waals surface area contributed by atoms with E-state index in [1.54, 1.807) is 7.05 Å². The lowest BCUT2D eigenvalue weighted by molar-refractivity contribution is -0.151. The Labute approximate surface area is 119 Å². The van der Waals surface area contributed by atoms with Gasteiger partial charge in [0, 0.05) is 19.9 Å². The maximum Gasteiger partial charge on any atom is 0.328 e. The molecule has 0 heterocycles. The van der Waals surface area contributed by atoms with Crippen molar-refractivity contribution < 1.29 is 14.3 Å². The van der Waals surface area contributed by atoms with E-state index in [1.807, 2.05) is 30.3 Å². The van der Waals surface area contributed by atoms with Crippen molar-refractivity contribution in [2.75, 3.05) is 19.9 Å². The van der Waals surface area contributed by atoms with E-state index in [1.165, 1.54) is 12.0 Å². The van der Waals surface area contributed by atoms with Crippen molar-refractivity contribution >= 4 is 24.5 Å². The van der Waals surface area contributed by atoms with Gasteiger partial charge in [-0.3, -0.25) is 4.79 Å². The van der Waals surface area contributed by atoms with Crippen molar-refractivity contribution in [2.24, 2.45) is 0 Å². The van der Waals surface area contributed by atoms with Gasteiger partial charge in [0.2, 0.25) is 5.91 Å². The second-order valence-electron chi connectivity index (χ2n) is 4.21. The quantitative estimate of drug-likeness (QED) is 0.635. The first-order valence-corrected chi connectivity index (χ1v) is 6.71. The van der Waals surface area contributed by atoms with Crippen LogP contribution >= 0.6 is 12.6 Å². The molecule has 1 atom stereocenters. The van der Waals surface area contributed by atoms with E-state index >= 15 is 0 Å². The Morgan fingerprint density at radius 2 is 1.95 bits per heavy atom. The molecule has 4 nitrogen and oxygen atoms in total. The SMILES string of the molecule is COC(=O)C(Cc1ccccc1)N(C)C(=O)CCS. The van der Waals surface area contributed by atoms with Crippen LogP contribution in [0.4, 0.5) is 0 Å². The van der Waals surface area contributed by atoms with Crippen LogP contribution in [0, 0.1) is 0 Å². The minimum absolute atomic E-state index is 0.110. The number of nitrogens with zero attached hydrogens (tertiary/aromatic N) is 1. The minimum Gasteiger partial charge on any atom is -0.467 e. The molecule has 5 heteroatoms. The van der Waals surface area contributed by atoms with Crippen LogP contribution in [-0.4, -0.2) is 42.7 Å². The smallest absolute Gasteiger partial charge is 0.328 e. The Bertz CT molecular complexity index is 422. The standard InChI is InChI=1S/C14H19NO3S/c1-15(13(16)8-9-19)12(14(17)18-2)10-11-6-4-3-5-7-11/h3-7,12,19H,8-10H2,1-2H3. The zero-order chi connectivity index (χ0) is 14.3. The van der Waals surface area contributed by atoms with Gasteiger partial charge in [0.15, 0.2) is 0 Å². The van der Waals surface area contributed by atoms with Gasteiger partial charge in [-0.05, 0) is 11.3 Å². The third kappa shape index (κ3) is 4.59. The highest BCUT2D eigenvalue weighted by Gasteiger charge is 2.27. The van der Waals surface area contributed by atoms with E-state index in [9.17, 15) is 9.59 Å². The second kappa shape index (κ2) is 7.84. The molecule has 0 aromatic heterocycles. The zero-order valence-electron chi connectivity index (χ0n) is 11.2. The summed E-state index contributed by atoms with van der Waals surface area (Å²) in [7, 11) is 2.95. The fourth-order valence-corrected chi connectivity index (χ4v) is 1.99. The van der Waals surface area contributed by atoms with Crippen LogP contribution in [0.5, 0.6) is 0 Å². The lowest BCUT2D eigenvalue weighted by atomic mass is 10.0. The van der Waals surface area contributed by atoms with Gasteiger partial charge in [-0.1, -0.05) is 30.3 Å². The van der Waals surface area contributed by atoms with Crippen LogP contribution in [-0.2, 0) is 20.7 Å². The molecular weight excluding hydrogens is 262 g/mol. The van der Waals surface area contributed by atoms with Crippen molar-refractivity contribution in [1.82, 2.24) is 4.90 Å². The first-order valence-electron chi connectivity index (χ1n) is 6.08. The van der Waals surface area contributed by atoms with Gasteiger partial charge in [-0.15, -0.1) is 0 Å². The number of thiol groups is 1. The van der Waals surface area contributed by atoms with E-state index in [0.717, 1.165) is 5.56 Å². The average Bonchev–Trinajstić information content (AvgIpc) is 2.44. The molecule has 1 amide bonds. The van der Waals surface area contributed by atoms with Gasteiger partial charge in [0.05, 0.1) is 7.11 Å². The molecule has 0 spiro atoms. The number of carbonyl (C=O) groups is 2.